The Morgan fingerprint density at radius 1 is 1.11 bits per heavy atom. The highest BCUT2D eigenvalue weighted by Crippen LogP contribution is 2.25. The second-order valence-corrected chi connectivity index (χ2v) is 4.76. The van der Waals surface area contributed by atoms with Crippen molar-refractivity contribution in [3.05, 3.63) is 0 Å². The molecule has 0 amide bonds. The average molecular weight is 148 g/mol. The zero-order chi connectivity index (χ0) is 7.70. The Bertz CT molecular complexity index is 33.5. The SMILES string of the molecule is CC.CCCCP(C)C. The molecule has 0 aromatic heterocycles. The molecule has 0 aromatic rings. The van der Waals surface area contributed by atoms with Crippen LogP contribution in [-0.4, -0.2) is 19.5 Å². The first-order valence-electron chi connectivity index (χ1n) is 3.92. The second-order valence-electron chi connectivity index (χ2n) is 2.16. The molecule has 0 radical (unpaired) electrons. The van der Waals surface area contributed by atoms with Gasteiger partial charge >= 0.3 is 0 Å². The minimum atomic E-state index is 0.394. The minimum Gasteiger partial charge on any atom is -0.113 e. The lowest BCUT2D eigenvalue weighted by Gasteiger charge is -2.00. The van der Waals surface area contributed by atoms with Crippen molar-refractivity contribution in [2.45, 2.75) is 33.6 Å². The second kappa shape index (κ2) is 11.3. The van der Waals surface area contributed by atoms with Gasteiger partial charge in [0.2, 0.25) is 0 Å². The summed E-state index contributed by atoms with van der Waals surface area (Å²) in [6.07, 6.45) is 4.26. The topological polar surface area (TPSA) is 0 Å². The van der Waals surface area contributed by atoms with Crippen molar-refractivity contribution >= 4 is 7.92 Å². The van der Waals surface area contributed by atoms with Crippen LogP contribution in [0.4, 0.5) is 0 Å². The molecule has 0 saturated heterocycles. The summed E-state index contributed by atoms with van der Waals surface area (Å²) in [6.45, 7) is 10.9. The summed E-state index contributed by atoms with van der Waals surface area (Å²) in [5, 5.41) is 0. The number of rotatable bonds is 3. The molecule has 58 valence electrons. The Hall–Kier alpha value is 0.430. The van der Waals surface area contributed by atoms with Crippen LogP contribution >= 0.6 is 7.92 Å². The molecule has 0 spiro atoms. The molecule has 0 aliphatic carbocycles. The van der Waals surface area contributed by atoms with Gasteiger partial charge in [-0.15, -0.1) is 7.92 Å². The lowest BCUT2D eigenvalue weighted by atomic mass is 10.4. The fourth-order valence-electron chi connectivity index (χ4n) is 0.474. The molecule has 0 aliphatic rings. The van der Waals surface area contributed by atoms with E-state index < -0.39 is 0 Å². The molecule has 0 heterocycles. The fraction of sp³-hybridized carbons (Fsp3) is 1.00. The summed E-state index contributed by atoms with van der Waals surface area (Å²) in [4.78, 5) is 0. The first kappa shape index (κ1) is 12.1. The quantitative estimate of drug-likeness (QED) is 0.537. The number of hydrogen-bond donors (Lipinski definition) is 0. The van der Waals surface area contributed by atoms with Crippen LogP contribution in [0.5, 0.6) is 0 Å². The normalized spacial score (nSPS) is 8.67. The van der Waals surface area contributed by atoms with Gasteiger partial charge in [0.25, 0.3) is 0 Å². The van der Waals surface area contributed by atoms with E-state index in [0.717, 1.165) is 0 Å². The Morgan fingerprint density at radius 2 is 1.56 bits per heavy atom. The van der Waals surface area contributed by atoms with Crippen LogP contribution in [0.15, 0.2) is 0 Å². The molecule has 0 unspecified atom stereocenters. The van der Waals surface area contributed by atoms with Crippen molar-refractivity contribution in [2.24, 2.45) is 0 Å². The van der Waals surface area contributed by atoms with E-state index in [1.807, 2.05) is 13.8 Å². The fourth-order valence-corrected chi connectivity index (χ4v) is 1.42. The molecular weight excluding hydrogens is 127 g/mol. The number of unbranched alkanes of at least 4 members (excludes halogenated alkanes) is 1. The zero-order valence-electron chi connectivity index (χ0n) is 7.57. The molecule has 0 bridgehead atoms. The van der Waals surface area contributed by atoms with E-state index in [1.165, 1.54) is 19.0 Å². The maximum Gasteiger partial charge on any atom is -0.0331 e. The van der Waals surface area contributed by atoms with Gasteiger partial charge in [-0.1, -0.05) is 27.2 Å². The van der Waals surface area contributed by atoms with E-state index in [2.05, 4.69) is 20.3 Å². The van der Waals surface area contributed by atoms with Gasteiger partial charge in [0.05, 0.1) is 0 Å². The van der Waals surface area contributed by atoms with Crippen molar-refractivity contribution in [3.63, 3.8) is 0 Å². The number of hydrogen-bond acceptors (Lipinski definition) is 0. The van der Waals surface area contributed by atoms with Gasteiger partial charge in [-0.3, -0.25) is 0 Å². The standard InChI is InChI=1S/C6H15P.C2H6/c1-4-5-6-7(2)3;1-2/h4-6H2,1-3H3;1-2H3. The van der Waals surface area contributed by atoms with E-state index in [4.69, 9.17) is 0 Å². The molecule has 9 heavy (non-hydrogen) atoms. The highest BCUT2D eigenvalue weighted by Gasteiger charge is 1.87. The van der Waals surface area contributed by atoms with Crippen molar-refractivity contribution < 1.29 is 0 Å². The highest BCUT2D eigenvalue weighted by molar-refractivity contribution is 7.55. The molecule has 0 aliphatic heterocycles. The van der Waals surface area contributed by atoms with E-state index in [9.17, 15) is 0 Å². The van der Waals surface area contributed by atoms with Crippen LogP contribution in [0.3, 0.4) is 0 Å². The molecule has 0 fully saturated rings. The van der Waals surface area contributed by atoms with Gasteiger partial charge in [0.1, 0.15) is 0 Å². The Kier molecular flexibility index (Phi) is 15.2. The van der Waals surface area contributed by atoms with Crippen LogP contribution in [0.1, 0.15) is 33.6 Å². The average Bonchev–Trinajstić information content (AvgIpc) is 1.88. The summed E-state index contributed by atoms with van der Waals surface area (Å²) >= 11 is 0. The van der Waals surface area contributed by atoms with Crippen LogP contribution in [0, 0.1) is 0 Å². The zero-order valence-corrected chi connectivity index (χ0v) is 8.46. The molecule has 1 heteroatoms. The molecule has 0 nitrogen and oxygen atoms in total. The maximum absolute atomic E-state index is 2.34. The van der Waals surface area contributed by atoms with Gasteiger partial charge in [-0.05, 0) is 25.9 Å². The summed E-state index contributed by atoms with van der Waals surface area (Å²) in [5.41, 5.74) is 0. The Balaban J connectivity index is 0. The van der Waals surface area contributed by atoms with Gasteiger partial charge in [0, 0.05) is 0 Å². The van der Waals surface area contributed by atoms with Crippen LogP contribution < -0.4 is 0 Å². The summed E-state index contributed by atoms with van der Waals surface area (Å²) in [6, 6.07) is 0. The van der Waals surface area contributed by atoms with E-state index in [0.29, 0.717) is 7.92 Å². The molecule has 0 aromatic carbocycles. The molecule has 0 N–H and O–H groups in total. The Labute approximate surface area is 61.8 Å². The smallest absolute Gasteiger partial charge is 0.0331 e. The highest BCUT2D eigenvalue weighted by atomic mass is 31.1. The van der Waals surface area contributed by atoms with Crippen molar-refractivity contribution in [2.75, 3.05) is 19.5 Å². The first-order valence-corrected chi connectivity index (χ1v) is 6.34. The van der Waals surface area contributed by atoms with Crippen LogP contribution in [0.2, 0.25) is 0 Å². The first-order chi connectivity index (χ1) is 4.27. The lowest BCUT2D eigenvalue weighted by Crippen LogP contribution is -1.77. The third kappa shape index (κ3) is 17.8. The van der Waals surface area contributed by atoms with Crippen molar-refractivity contribution in [1.82, 2.24) is 0 Å². The van der Waals surface area contributed by atoms with Crippen LogP contribution in [0.25, 0.3) is 0 Å². The van der Waals surface area contributed by atoms with Crippen molar-refractivity contribution in [3.8, 4) is 0 Å². The predicted molar refractivity (Wildman–Crippen MR) is 49.9 cm³/mol. The maximum atomic E-state index is 2.34. The third-order valence-corrected chi connectivity index (χ3v) is 2.17. The van der Waals surface area contributed by atoms with Crippen LogP contribution in [-0.2, 0) is 0 Å². The van der Waals surface area contributed by atoms with E-state index in [1.54, 1.807) is 0 Å². The minimum absolute atomic E-state index is 0.394. The summed E-state index contributed by atoms with van der Waals surface area (Å²) in [7, 11) is 0.394. The summed E-state index contributed by atoms with van der Waals surface area (Å²) in [5.74, 6) is 0. The molecule has 0 atom stereocenters. The largest absolute Gasteiger partial charge is 0.113 e. The van der Waals surface area contributed by atoms with Gasteiger partial charge in [-0.2, -0.15) is 0 Å². The van der Waals surface area contributed by atoms with Gasteiger partial charge in [0.15, 0.2) is 0 Å². The molecule has 0 rings (SSSR count). The third-order valence-electron chi connectivity index (χ3n) is 0.959. The lowest BCUT2D eigenvalue weighted by molar-refractivity contribution is 0.892. The van der Waals surface area contributed by atoms with Crippen molar-refractivity contribution in [1.29, 1.82) is 0 Å². The molecular formula is C8H21P. The monoisotopic (exact) mass is 148 g/mol. The summed E-state index contributed by atoms with van der Waals surface area (Å²) < 4.78 is 0. The molecule has 0 saturated carbocycles. The predicted octanol–water partition coefficient (Wildman–Crippen LogP) is 3.55. The van der Waals surface area contributed by atoms with E-state index >= 15 is 0 Å². The van der Waals surface area contributed by atoms with Gasteiger partial charge in [-0.25, -0.2) is 0 Å². The Morgan fingerprint density at radius 3 is 1.67 bits per heavy atom. The van der Waals surface area contributed by atoms with E-state index in [-0.39, 0.29) is 0 Å². The van der Waals surface area contributed by atoms with Gasteiger partial charge < -0.3 is 0 Å².